The molecule has 0 unspecified atom stereocenters. The number of anilines is 2. The van der Waals surface area contributed by atoms with E-state index in [2.05, 4.69) is 15.1 Å². The van der Waals surface area contributed by atoms with Gasteiger partial charge in [0.15, 0.2) is 0 Å². The van der Waals surface area contributed by atoms with Crippen LogP contribution in [-0.2, 0) is 24.5 Å². The fraction of sp³-hybridized carbons (Fsp3) is 0.375. The van der Waals surface area contributed by atoms with Crippen LogP contribution in [0, 0.1) is 0 Å². The Bertz CT molecular complexity index is 2120. The van der Waals surface area contributed by atoms with Crippen LogP contribution in [0.25, 0.3) is 0 Å². The molecule has 53 heavy (non-hydrogen) atoms. The number of rotatable bonds is 6. The summed E-state index contributed by atoms with van der Waals surface area (Å²) in [7, 11) is -7.10. The van der Waals surface area contributed by atoms with Gasteiger partial charge in [-0.3, -0.25) is 4.79 Å². The molecular formula is C40H46N4O7S2. The van der Waals surface area contributed by atoms with E-state index in [4.69, 9.17) is 9.47 Å². The second-order valence-corrected chi connectivity index (χ2v) is 17.6. The third-order valence-electron chi connectivity index (χ3n) is 10.5. The van der Waals surface area contributed by atoms with E-state index < -0.39 is 19.7 Å². The van der Waals surface area contributed by atoms with Crippen molar-refractivity contribution < 1.29 is 31.1 Å². The van der Waals surface area contributed by atoms with Gasteiger partial charge in [0.2, 0.25) is 25.6 Å². The summed E-state index contributed by atoms with van der Waals surface area (Å²) in [6, 6.07) is 28.2. The molecule has 13 heteroatoms. The molecule has 280 valence electrons. The van der Waals surface area contributed by atoms with Gasteiger partial charge in [0.05, 0.1) is 44.0 Å². The molecule has 4 aliphatic heterocycles. The molecule has 11 nitrogen and oxygen atoms in total. The van der Waals surface area contributed by atoms with Gasteiger partial charge in [-0.15, -0.1) is 0 Å². The van der Waals surface area contributed by atoms with Crippen molar-refractivity contribution >= 4 is 37.0 Å². The number of hydrogen-bond donors (Lipinski definition) is 1. The lowest BCUT2D eigenvalue weighted by molar-refractivity contribution is -0.129. The fourth-order valence-corrected chi connectivity index (χ4v) is 10.2. The summed E-state index contributed by atoms with van der Waals surface area (Å²) in [4.78, 5) is 19.2. The Morgan fingerprint density at radius 3 is 1.45 bits per heavy atom. The van der Waals surface area contributed by atoms with Crippen molar-refractivity contribution in [2.75, 3.05) is 62.3 Å². The Morgan fingerprint density at radius 2 is 1.02 bits per heavy atom. The van der Waals surface area contributed by atoms with E-state index in [1.807, 2.05) is 23.1 Å². The molecular weight excluding hydrogens is 713 g/mol. The molecule has 0 bridgehead atoms. The van der Waals surface area contributed by atoms with E-state index in [9.17, 15) is 21.6 Å². The van der Waals surface area contributed by atoms with Gasteiger partial charge < -0.3 is 29.5 Å². The highest BCUT2D eigenvalue weighted by Gasteiger charge is 2.31. The van der Waals surface area contributed by atoms with Crippen LogP contribution < -0.4 is 24.6 Å². The van der Waals surface area contributed by atoms with E-state index in [-0.39, 0.29) is 20.6 Å². The molecule has 2 saturated heterocycles. The van der Waals surface area contributed by atoms with Crippen molar-refractivity contribution in [2.45, 2.75) is 64.3 Å². The van der Waals surface area contributed by atoms with Gasteiger partial charge in [-0.05, 0) is 87.3 Å². The van der Waals surface area contributed by atoms with Crippen molar-refractivity contribution in [1.29, 1.82) is 0 Å². The number of nitrogens with one attached hydrogen (secondary N) is 1. The van der Waals surface area contributed by atoms with Crippen LogP contribution in [0.1, 0.15) is 32.6 Å². The summed E-state index contributed by atoms with van der Waals surface area (Å²) in [6.07, 6.45) is 4.01. The van der Waals surface area contributed by atoms with Gasteiger partial charge in [-0.25, -0.2) is 16.8 Å². The Balaban J connectivity index is 0.000000165. The van der Waals surface area contributed by atoms with Crippen molar-refractivity contribution in [3.8, 4) is 11.5 Å². The standard InChI is InChI=1S/C21H24N2O4S.C19H22N2O3S/c1-16(24)22-11-9-17(10-12-22)23-13-14-27-21-15-19(7-8-20(21)23)28(25,26)18-5-3-2-4-6-18;22-25(23,16-4-2-1-3-5-16)17-6-7-18-19(14-17)24-13-12-21(18)15-8-10-20-11-9-15/h2-8,15,17H,9-14H2,1H3;1-7,14-15,20H,8-13H2. The maximum absolute atomic E-state index is 12.9. The zero-order valence-electron chi connectivity index (χ0n) is 29.9. The third kappa shape index (κ3) is 7.88. The molecule has 4 heterocycles. The normalized spacial score (nSPS) is 18.1. The number of fused-ring (bicyclic) bond motifs is 2. The van der Waals surface area contributed by atoms with Crippen molar-refractivity contribution in [2.24, 2.45) is 0 Å². The lowest BCUT2D eigenvalue weighted by Gasteiger charge is -2.42. The first-order valence-electron chi connectivity index (χ1n) is 18.3. The number of nitrogens with zero attached hydrogens (tertiary/aromatic N) is 3. The van der Waals surface area contributed by atoms with Crippen LogP contribution in [0.3, 0.4) is 0 Å². The molecule has 0 atom stereocenters. The zero-order chi connectivity index (χ0) is 37.0. The van der Waals surface area contributed by atoms with E-state index in [0.717, 1.165) is 76.3 Å². The Hall–Kier alpha value is -4.59. The molecule has 0 radical (unpaired) electrons. The van der Waals surface area contributed by atoms with Crippen molar-refractivity contribution in [3.63, 3.8) is 0 Å². The van der Waals surface area contributed by atoms with Crippen LogP contribution in [0.4, 0.5) is 11.4 Å². The van der Waals surface area contributed by atoms with Crippen LogP contribution in [0.5, 0.6) is 11.5 Å². The summed E-state index contributed by atoms with van der Waals surface area (Å²) in [6.45, 7) is 7.90. The van der Waals surface area contributed by atoms with E-state index >= 15 is 0 Å². The number of benzene rings is 4. The van der Waals surface area contributed by atoms with Gasteiger partial charge in [0.1, 0.15) is 24.7 Å². The molecule has 0 saturated carbocycles. The van der Waals surface area contributed by atoms with Gasteiger partial charge in [-0.2, -0.15) is 0 Å². The first kappa shape index (κ1) is 36.8. The van der Waals surface area contributed by atoms with E-state index in [0.29, 0.717) is 41.7 Å². The largest absolute Gasteiger partial charge is 0.490 e. The highest BCUT2D eigenvalue weighted by Crippen LogP contribution is 2.39. The van der Waals surface area contributed by atoms with Crippen LogP contribution >= 0.6 is 0 Å². The fourth-order valence-electron chi connectivity index (χ4n) is 7.62. The molecule has 2 fully saturated rings. The first-order valence-corrected chi connectivity index (χ1v) is 21.2. The number of hydrogen-bond acceptors (Lipinski definition) is 10. The number of carbonyl (C=O) groups is 1. The highest BCUT2D eigenvalue weighted by atomic mass is 32.2. The van der Waals surface area contributed by atoms with Gasteiger partial charge in [-0.1, -0.05) is 36.4 Å². The zero-order valence-corrected chi connectivity index (χ0v) is 31.5. The Kier molecular flexibility index (Phi) is 11.0. The molecule has 4 aliphatic rings. The maximum Gasteiger partial charge on any atom is 0.219 e. The maximum atomic E-state index is 12.9. The van der Waals surface area contributed by atoms with E-state index in [1.54, 1.807) is 85.8 Å². The van der Waals surface area contributed by atoms with Crippen LogP contribution in [-0.4, -0.2) is 92.2 Å². The molecule has 4 aromatic carbocycles. The lowest BCUT2D eigenvalue weighted by atomic mass is 10.0. The monoisotopic (exact) mass is 758 g/mol. The van der Waals surface area contributed by atoms with Crippen LogP contribution in [0.15, 0.2) is 117 Å². The topological polar surface area (TPSA) is 126 Å². The number of carbonyl (C=O) groups excluding carboxylic acids is 1. The van der Waals surface area contributed by atoms with Crippen molar-refractivity contribution in [1.82, 2.24) is 10.2 Å². The average Bonchev–Trinajstić information content (AvgIpc) is 3.21. The minimum absolute atomic E-state index is 0.122. The quantitative estimate of drug-likeness (QED) is 0.281. The third-order valence-corrected chi connectivity index (χ3v) is 14.0. The van der Waals surface area contributed by atoms with Gasteiger partial charge >= 0.3 is 0 Å². The second kappa shape index (κ2) is 15.8. The smallest absolute Gasteiger partial charge is 0.219 e. The summed E-state index contributed by atoms with van der Waals surface area (Å²) in [5.74, 6) is 1.40. The Morgan fingerprint density at radius 1 is 0.585 bits per heavy atom. The minimum Gasteiger partial charge on any atom is -0.490 e. The number of amides is 1. The summed E-state index contributed by atoms with van der Waals surface area (Å²) in [5.41, 5.74) is 1.93. The van der Waals surface area contributed by atoms with Gasteiger partial charge in [0.25, 0.3) is 0 Å². The van der Waals surface area contributed by atoms with Crippen LogP contribution in [0.2, 0.25) is 0 Å². The lowest BCUT2D eigenvalue weighted by Crippen LogP contribution is -2.48. The SMILES string of the molecule is CC(=O)N1CCC(N2CCOc3cc(S(=O)(=O)c4ccccc4)ccc32)CC1.O=S(=O)(c1ccccc1)c1ccc2c(c1)OCCN2C1CCNCC1. The predicted octanol–water partition coefficient (Wildman–Crippen LogP) is 5.20. The molecule has 4 aromatic rings. The number of ether oxygens (including phenoxy) is 2. The molecule has 1 amide bonds. The van der Waals surface area contributed by atoms with Crippen molar-refractivity contribution in [3.05, 3.63) is 97.1 Å². The molecule has 0 spiro atoms. The number of sulfone groups is 2. The molecule has 8 rings (SSSR count). The molecule has 0 aromatic heterocycles. The second-order valence-electron chi connectivity index (χ2n) is 13.7. The summed E-state index contributed by atoms with van der Waals surface area (Å²) < 4.78 is 63.0. The van der Waals surface area contributed by atoms with E-state index in [1.165, 1.54) is 0 Å². The minimum atomic E-state index is -3.57. The summed E-state index contributed by atoms with van der Waals surface area (Å²) in [5, 5.41) is 3.39. The number of piperidine rings is 2. The predicted molar refractivity (Wildman–Crippen MR) is 204 cm³/mol. The average molecular weight is 759 g/mol. The van der Waals surface area contributed by atoms with Gasteiger partial charge in [0, 0.05) is 44.2 Å². The Labute approximate surface area is 312 Å². The summed E-state index contributed by atoms with van der Waals surface area (Å²) >= 11 is 0. The number of likely N-dealkylation sites (tertiary alicyclic amines) is 1. The molecule has 0 aliphatic carbocycles. The first-order chi connectivity index (χ1) is 25.6. The molecule has 1 N–H and O–H groups in total. The highest BCUT2D eigenvalue weighted by molar-refractivity contribution is 7.91.